The van der Waals surface area contributed by atoms with Gasteiger partial charge in [0.15, 0.2) is 0 Å². The molecule has 1 heterocycles. The van der Waals surface area contributed by atoms with Crippen molar-refractivity contribution in [3.8, 4) is 0 Å². The van der Waals surface area contributed by atoms with Gasteiger partial charge in [0.05, 0.1) is 6.42 Å². The van der Waals surface area contributed by atoms with Gasteiger partial charge in [-0.25, -0.2) is 0 Å². The minimum atomic E-state index is -0.836. The molecule has 0 aliphatic heterocycles. The van der Waals surface area contributed by atoms with Gasteiger partial charge in [-0.3, -0.25) is 14.6 Å². The molecular weight excluding hydrogens is 222 g/mol. The summed E-state index contributed by atoms with van der Waals surface area (Å²) in [5.41, 5.74) is 1.72. The molecule has 0 aromatic carbocycles. The molecule has 1 aromatic rings. The fraction of sp³-hybridized carbons (Fsp3) is 0.417. The van der Waals surface area contributed by atoms with E-state index >= 15 is 0 Å². The van der Waals surface area contributed by atoms with Gasteiger partial charge in [-0.15, -0.1) is 0 Å². The Morgan fingerprint density at radius 3 is 2.29 bits per heavy atom. The molecule has 0 fully saturated rings. The lowest BCUT2D eigenvalue weighted by molar-refractivity contribution is -0.138. The number of hydrogen-bond acceptors (Lipinski definition) is 3. The molecule has 0 unspecified atom stereocenters. The summed E-state index contributed by atoms with van der Waals surface area (Å²) in [6.45, 7) is 0. The normalized spacial score (nSPS) is 10.1. The summed E-state index contributed by atoms with van der Waals surface area (Å²) in [6.07, 6.45) is 3.60. The smallest absolute Gasteiger partial charge is 0.303 e. The molecule has 0 amide bonds. The van der Waals surface area contributed by atoms with Crippen LogP contribution in [0.25, 0.3) is 0 Å². The molecule has 0 radical (unpaired) electrons. The monoisotopic (exact) mass is 237 g/mol. The zero-order chi connectivity index (χ0) is 12.7. The Labute approximate surface area is 99.1 Å². The second kappa shape index (κ2) is 6.62. The van der Waals surface area contributed by atoms with Crippen LogP contribution in [0.3, 0.4) is 0 Å². The molecule has 0 saturated heterocycles. The lowest BCUT2D eigenvalue weighted by Crippen LogP contribution is -2.00. The molecule has 5 heteroatoms. The molecule has 17 heavy (non-hydrogen) atoms. The maximum absolute atomic E-state index is 10.4. The molecule has 92 valence electrons. The van der Waals surface area contributed by atoms with Crippen molar-refractivity contribution in [3.05, 3.63) is 29.6 Å². The Balaban J connectivity index is 2.39. The number of aryl methyl sites for hydroxylation is 2. The molecule has 0 bridgehead atoms. The Hall–Kier alpha value is -1.91. The third-order valence-corrected chi connectivity index (χ3v) is 2.34. The molecule has 0 spiro atoms. The van der Waals surface area contributed by atoms with E-state index in [1.165, 1.54) is 0 Å². The summed E-state index contributed by atoms with van der Waals surface area (Å²) in [6, 6.07) is 3.66. The fourth-order valence-corrected chi connectivity index (χ4v) is 1.43. The maximum atomic E-state index is 10.4. The van der Waals surface area contributed by atoms with Crippen molar-refractivity contribution >= 4 is 11.9 Å². The minimum absolute atomic E-state index is 0.0748. The van der Waals surface area contributed by atoms with E-state index in [1.54, 1.807) is 12.3 Å². The Kier molecular flexibility index (Phi) is 5.13. The van der Waals surface area contributed by atoms with E-state index < -0.39 is 11.9 Å². The summed E-state index contributed by atoms with van der Waals surface area (Å²) in [5.74, 6) is -1.63. The number of aliphatic carboxylic acids is 2. The van der Waals surface area contributed by atoms with Crippen LogP contribution in [0.1, 0.15) is 30.5 Å². The first-order valence-electron chi connectivity index (χ1n) is 5.45. The largest absolute Gasteiger partial charge is 0.481 e. The predicted octanol–water partition coefficient (Wildman–Crippen LogP) is 1.51. The number of carboxylic acids is 2. The van der Waals surface area contributed by atoms with Gasteiger partial charge in [0.25, 0.3) is 0 Å². The van der Waals surface area contributed by atoms with E-state index in [0.29, 0.717) is 19.3 Å². The van der Waals surface area contributed by atoms with Crippen LogP contribution in [-0.2, 0) is 22.4 Å². The lowest BCUT2D eigenvalue weighted by atomic mass is 10.1. The lowest BCUT2D eigenvalue weighted by Gasteiger charge is -2.01. The van der Waals surface area contributed by atoms with Gasteiger partial charge in [0.2, 0.25) is 0 Å². The molecule has 0 saturated carbocycles. The summed E-state index contributed by atoms with van der Waals surface area (Å²) >= 11 is 0. The standard InChI is InChI=1S/C12H15NO4/c14-11(15)3-1-2-9-4-5-10(13-8-9)6-7-12(16)17/h4-5,8H,1-3,6-7H2,(H,14,15)(H,16,17). The number of carbonyl (C=O) groups is 2. The van der Waals surface area contributed by atoms with Gasteiger partial charge in [0.1, 0.15) is 0 Å². The molecule has 5 nitrogen and oxygen atoms in total. The average Bonchev–Trinajstić information content (AvgIpc) is 2.27. The van der Waals surface area contributed by atoms with Gasteiger partial charge in [0, 0.05) is 24.7 Å². The predicted molar refractivity (Wildman–Crippen MR) is 60.8 cm³/mol. The van der Waals surface area contributed by atoms with Crippen molar-refractivity contribution in [2.75, 3.05) is 0 Å². The van der Waals surface area contributed by atoms with Crippen LogP contribution < -0.4 is 0 Å². The van der Waals surface area contributed by atoms with Gasteiger partial charge in [-0.2, -0.15) is 0 Å². The van der Waals surface area contributed by atoms with Crippen molar-refractivity contribution in [3.63, 3.8) is 0 Å². The number of nitrogens with zero attached hydrogens (tertiary/aromatic N) is 1. The van der Waals surface area contributed by atoms with Gasteiger partial charge in [-0.05, 0) is 24.5 Å². The van der Waals surface area contributed by atoms with Crippen molar-refractivity contribution in [2.24, 2.45) is 0 Å². The van der Waals surface area contributed by atoms with Crippen molar-refractivity contribution in [1.82, 2.24) is 4.98 Å². The SMILES string of the molecule is O=C(O)CCCc1ccc(CCC(=O)O)nc1. The van der Waals surface area contributed by atoms with Gasteiger partial charge >= 0.3 is 11.9 Å². The van der Waals surface area contributed by atoms with Crippen LogP contribution >= 0.6 is 0 Å². The summed E-state index contributed by atoms with van der Waals surface area (Å²) in [4.78, 5) is 24.8. The maximum Gasteiger partial charge on any atom is 0.303 e. The van der Waals surface area contributed by atoms with E-state index in [4.69, 9.17) is 10.2 Å². The number of carboxylic acid groups (broad SMARTS) is 2. The molecule has 0 aliphatic carbocycles. The second-order valence-electron chi connectivity index (χ2n) is 3.80. The van der Waals surface area contributed by atoms with Crippen molar-refractivity contribution < 1.29 is 19.8 Å². The fourth-order valence-electron chi connectivity index (χ4n) is 1.43. The molecule has 1 rings (SSSR count). The minimum Gasteiger partial charge on any atom is -0.481 e. The van der Waals surface area contributed by atoms with Crippen LogP contribution in [-0.4, -0.2) is 27.1 Å². The summed E-state index contributed by atoms with van der Waals surface area (Å²) in [5, 5.41) is 17.0. The van der Waals surface area contributed by atoms with E-state index in [1.807, 2.05) is 6.07 Å². The Bertz CT molecular complexity index is 386. The third kappa shape index (κ3) is 5.65. The Morgan fingerprint density at radius 2 is 1.76 bits per heavy atom. The number of hydrogen-bond donors (Lipinski definition) is 2. The van der Waals surface area contributed by atoms with Crippen LogP contribution in [0.4, 0.5) is 0 Å². The van der Waals surface area contributed by atoms with Crippen LogP contribution in [0.2, 0.25) is 0 Å². The van der Waals surface area contributed by atoms with E-state index in [9.17, 15) is 9.59 Å². The molecular formula is C12H15NO4. The zero-order valence-corrected chi connectivity index (χ0v) is 9.43. The zero-order valence-electron chi connectivity index (χ0n) is 9.43. The topological polar surface area (TPSA) is 87.5 Å². The average molecular weight is 237 g/mol. The second-order valence-corrected chi connectivity index (χ2v) is 3.80. The number of aromatic nitrogens is 1. The van der Waals surface area contributed by atoms with Crippen molar-refractivity contribution in [1.29, 1.82) is 0 Å². The first-order chi connectivity index (χ1) is 8.08. The molecule has 0 atom stereocenters. The highest BCUT2D eigenvalue weighted by Crippen LogP contribution is 2.06. The summed E-state index contributed by atoms with van der Waals surface area (Å²) in [7, 11) is 0. The highest BCUT2D eigenvalue weighted by atomic mass is 16.4. The molecule has 2 N–H and O–H groups in total. The van der Waals surface area contributed by atoms with Crippen molar-refractivity contribution in [2.45, 2.75) is 32.1 Å². The highest BCUT2D eigenvalue weighted by Gasteiger charge is 2.02. The first kappa shape index (κ1) is 13.2. The number of rotatable bonds is 7. The van der Waals surface area contributed by atoms with E-state index in [0.717, 1.165) is 11.3 Å². The van der Waals surface area contributed by atoms with Crippen LogP contribution in [0.5, 0.6) is 0 Å². The van der Waals surface area contributed by atoms with Gasteiger partial charge in [-0.1, -0.05) is 6.07 Å². The number of pyridine rings is 1. The highest BCUT2D eigenvalue weighted by molar-refractivity contribution is 5.67. The molecule has 0 aliphatic rings. The van der Waals surface area contributed by atoms with E-state index in [2.05, 4.69) is 4.98 Å². The third-order valence-electron chi connectivity index (χ3n) is 2.34. The molecule has 1 aromatic heterocycles. The summed E-state index contributed by atoms with van der Waals surface area (Å²) < 4.78 is 0. The van der Waals surface area contributed by atoms with Crippen LogP contribution in [0, 0.1) is 0 Å². The Morgan fingerprint density at radius 1 is 1.06 bits per heavy atom. The van der Waals surface area contributed by atoms with Gasteiger partial charge < -0.3 is 10.2 Å². The quantitative estimate of drug-likeness (QED) is 0.750. The van der Waals surface area contributed by atoms with E-state index in [-0.39, 0.29) is 12.8 Å². The first-order valence-corrected chi connectivity index (χ1v) is 5.45. The van der Waals surface area contributed by atoms with Crippen LogP contribution in [0.15, 0.2) is 18.3 Å².